The van der Waals surface area contributed by atoms with Gasteiger partial charge in [-0.2, -0.15) is 0 Å². The molecule has 3 heteroatoms. The molecule has 0 bridgehead atoms. The third kappa shape index (κ3) is 1.86. The van der Waals surface area contributed by atoms with Gasteiger partial charge in [0.15, 0.2) is 0 Å². The van der Waals surface area contributed by atoms with Crippen LogP contribution in [0.5, 0.6) is 0 Å². The third-order valence-corrected chi connectivity index (χ3v) is 2.57. The molecule has 2 heterocycles. The van der Waals surface area contributed by atoms with Crippen LogP contribution < -0.4 is 0 Å². The van der Waals surface area contributed by atoms with E-state index < -0.39 is 0 Å². The second-order valence-electron chi connectivity index (χ2n) is 3.69. The van der Waals surface area contributed by atoms with Crippen LogP contribution in [0, 0.1) is 6.92 Å². The summed E-state index contributed by atoms with van der Waals surface area (Å²) in [6, 6.07) is 0. The van der Waals surface area contributed by atoms with E-state index in [1.54, 1.807) is 0 Å². The second-order valence-corrected chi connectivity index (χ2v) is 3.69. The van der Waals surface area contributed by atoms with Crippen LogP contribution in [-0.2, 0) is 12.8 Å². The molecule has 0 amide bonds. The van der Waals surface area contributed by atoms with Crippen LogP contribution in [0.3, 0.4) is 0 Å². The number of aryl methyl sites for hydroxylation is 1. The molecule has 0 N–H and O–H groups in total. The molecule has 1 aromatic rings. The number of rotatable bonds is 0. The van der Waals surface area contributed by atoms with Crippen LogP contribution in [-0.4, -0.2) is 35.0 Å². The number of nitrogens with zero attached hydrogens (tertiary/aromatic N) is 3. The Bertz CT molecular complexity index is 309. The molecule has 70 valence electrons. The van der Waals surface area contributed by atoms with E-state index in [9.17, 15) is 0 Å². The molecule has 0 fully saturated rings. The highest BCUT2D eigenvalue weighted by Gasteiger charge is 2.12. The summed E-state index contributed by atoms with van der Waals surface area (Å²) in [5.74, 6) is 0.892. The Morgan fingerprint density at radius 3 is 2.92 bits per heavy atom. The van der Waals surface area contributed by atoms with Crippen molar-refractivity contribution in [2.45, 2.75) is 19.8 Å². The lowest BCUT2D eigenvalue weighted by atomic mass is 10.1. The van der Waals surface area contributed by atoms with Gasteiger partial charge in [-0.05, 0) is 26.0 Å². The average Bonchev–Trinajstić information content (AvgIpc) is 2.29. The van der Waals surface area contributed by atoms with Gasteiger partial charge in [0, 0.05) is 31.4 Å². The van der Waals surface area contributed by atoms with E-state index >= 15 is 0 Å². The van der Waals surface area contributed by atoms with E-state index in [2.05, 4.69) is 21.9 Å². The highest BCUT2D eigenvalue weighted by Crippen LogP contribution is 2.11. The predicted molar refractivity (Wildman–Crippen MR) is 51.7 cm³/mol. The van der Waals surface area contributed by atoms with E-state index in [4.69, 9.17) is 0 Å². The summed E-state index contributed by atoms with van der Waals surface area (Å²) in [7, 11) is 2.16. The molecule has 2 rings (SSSR count). The summed E-state index contributed by atoms with van der Waals surface area (Å²) < 4.78 is 0. The molecule has 0 unspecified atom stereocenters. The lowest BCUT2D eigenvalue weighted by Crippen LogP contribution is -2.20. The Labute approximate surface area is 78.8 Å². The van der Waals surface area contributed by atoms with Gasteiger partial charge < -0.3 is 4.90 Å². The molecule has 0 atom stereocenters. The highest BCUT2D eigenvalue weighted by atomic mass is 15.1. The van der Waals surface area contributed by atoms with Crippen LogP contribution >= 0.6 is 0 Å². The van der Waals surface area contributed by atoms with Gasteiger partial charge in [0.25, 0.3) is 0 Å². The smallest absolute Gasteiger partial charge is 0.125 e. The zero-order valence-electron chi connectivity index (χ0n) is 8.25. The maximum Gasteiger partial charge on any atom is 0.125 e. The van der Waals surface area contributed by atoms with Crippen molar-refractivity contribution in [1.82, 2.24) is 14.9 Å². The van der Waals surface area contributed by atoms with Crippen molar-refractivity contribution in [3.63, 3.8) is 0 Å². The molecule has 13 heavy (non-hydrogen) atoms. The SMILES string of the molecule is Cc1ncc2c(n1)CCN(C)CC2. The molecule has 0 spiro atoms. The zero-order chi connectivity index (χ0) is 9.26. The molecule has 1 aliphatic rings. The van der Waals surface area contributed by atoms with Gasteiger partial charge in [-0.25, -0.2) is 9.97 Å². The molecule has 0 saturated carbocycles. The van der Waals surface area contributed by atoms with Crippen LogP contribution in [0.25, 0.3) is 0 Å². The van der Waals surface area contributed by atoms with Crippen LogP contribution in [0.4, 0.5) is 0 Å². The molecule has 1 aromatic heterocycles. The minimum atomic E-state index is 0.892. The van der Waals surface area contributed by atoms with E-state index in [-0.39, 0.29) is 0 Å². The summed E-state index contributed by atoms with van der Waals surface area (Å²) in [5, 5.41) is 0. The van der Waals surface area contributed by atoms with Gasteiger partial charge in [-0.15, -0.1) is 0 Å². The Morgan fingerprint density at radius 2 is 2.08 bits per heavy atom. The number of fused-ring (bicyclic) bond motifs is 1. The normalized spacial score (nSPS) is 18.0. The fourth-order valence-corrected chi connectivity index (χ4v) is 1.69. The number of hydrogen-bond donors (Lipinski definition) is 0. The van der Waals surface area contributed by atoms with Gasteiger partial charge in [0.05, 0.1) is 0 Å². The van der Waals surface area contributed by atoms with Gasteiger partial charge in [-0.3, -0.25) is 0 Å². The van der Waals surface area contributed by atoms with Crippen molar-refractivity contribution in [2.75, 3.05) is 20.1 Å². The standard InChI is InChI=1S/C10H15N3/c1-8-11-7-9-3-5-13(2)6-4-10(9)12-8/h7H,3-6H2,1-2H3. The quantitative estimate of drug-likeness (QED) is 0.587. The van der Waals surface area contributed by atoms with Crippen molar-refractivity contribution in [2.24, 2.45) is 0 Å². The maximum atomic E-state index is 4.47. The van der Waals surface area contributed by atoms with E-state index in [0.29, 0.717) is 0 Å². The monoisotopic (exact) mass is 177 g/mol. The lowest BCUT2D eigenvalue weighted by molar-refractivity contribution is 0.352. The molecular formula is C10H15N3. The van der Waals surface area contributed by atoms with Crippen LogP contribution in [0.1, 0.15) is 17.1 Å². The summed E-state index contributed by atoms with van der Waals surface area (Å²) in [6.07, 6.45) is 4.14. The van der Waals surface area contributed by atoms with Gasteiger partial charge >= 0.3 is 0 Å². The van der Waals surface area contributed by atoms with Gasteiger partial charge in [-0.1, -0.05) is 0 Å². The second kappa shape index (κ2) is 3.42. The molecule has 3 nitrogen and oxygen atoms in total. The molecule has 0 radical (unpaired) electrons. The Morgan fingerprint density at radius 1 is 1.31 bits per heavy atom. The van der Waals surface area contributed by atoms with Gasteiger partial charge in [0.1, 0.15) is 5.82 Å². The first kappa shape index (κ1) is 8.63. The molecule has 1 aliphatic heterocycles. The minimum absolute atomic E-state index is 0.892. The first-order valence-electron chi connectivity index (χ1n) is 4.75. The van der Waals surface area contributed by atoms with Crippen molar-refractivity contribution >= 4 is 0 Å². The molecule has 0 saturated heterocycles. The largest absolute Gasteiger partial charge is 0.306 e. The molecular weight excluding hydrogens is 162 g/mol. The van der Waals surface area contributed by atoms with Crippen molar-refractivity contribution in [3.8, 4) is 0 Å². The summed E-state index contributed by atoms with van der Waals surface area (Å²) in [5.41, 5.74) is 2.58. The number of aromatic nitrogens is 2. The topological polar surface area (TPSA) is 29.0 Å². The first-order chi connectivity index (χ1) is 6.25. The summed E-state index contributed by atoms with van der Waals surface area (Å²) in [6.45, 7) is 4.19. The van der Waals surface area contributed by atoms with E-state index in [0.717, 1.165) is 31.8 Å². The Kier molecular flexibility index (Phi) is 2.27. The Hall–Kier alpha value is -0.960. The first-order valence-corrected chi connectivity index (χ1v) is 4.75. The highest BCUT2D eigenvalue weighted by molar-refractivity contribution is 5.19. The van der Waals surface area contributed by atoms with E-state index in [1.165, 1.54) is 11.3 Å². The molecule has 0 aliphatic carbocycles. The number of likely N-dealkylation sites (N-methyl/N-ethyl adjacent to an activating group) is 1. The fraction of sp³-hybridized carbons (Fsp3) is 0.600. The minimum Gasteiger partial charge on any atom is -0.306 e. The predicted octanol–water partition coefficient (Wildman–Crippen LogP) is 0.815. The van der Waals surface area contributed by atoms with Crippen molar-refractivity contribution in [3.05, 3.63) is 23.3 Å². The Balaban J connectivity index is 2.30. The summed E-state index contributed by atoms with van der Waals surface area (Å²) in [4.78, 5) is 11.0. The zero-order valence-corrected chi connectivity index (χ0v) is 8.25. The third-order valence-electron chi connectivity index (χ3n) is 2.57. The van der Waals surface area contributed by atoms with Crippen LogP contribution in [0.2, 0.25) is 0 Å². The van der Waals surface area contributed by atoms with Crippen molar-refractivity contribution in [1.29, 1.82) is 0 Å². The lowest BCUT2D eigenvalue weighted by Gasteiger charge is -2.10. The van der Waals surface area contributed by atoms with E-state index in [1.807, 2.05) is 13.1 Å². The maximum absolute atomic E-state index is 4.47. The van der Waals surface area contributed by atoms with Crippen molar-refractivity contribution < 1.29 is 0 Å². The van der Waals surface area contributed by atoms with Gasteiger partial charge in [0.2, 0.25) is 0 Å². The number of hydrogen-bond acceptors (Lipinski definition) is 3. The molecule has 0 aromatic carbocycles. The van der Waals surface area contributed by atoms with Crippen LogP contribution in [0.15, 0.2) is 6.20 Å². The fourth-order valence-electron chi connectivity index (χ4n) is 1.69. The average molecular weight is 177 g/mol. The summed E-state index contributed by atoms with van der Waals surface area (Å²) >= 11 is 0.